The molecule has 0 saturated heterocycles. The van der Waals surface area contributed by atoms with Crippen molar-refractivity contribution in [1.29, 1.82) is 0 Å². The number of aliphatic hydroxyl groups excluding tert-OH is 1. The Balaban J connectivity index is 2.92. The quantitative estimate of drug-likeness (QED) is 0.575. The van der Waals surface area contributed by atoms with E-state index in [1.807, 2.05) is 26.0 Å². The Morgan fingerprint density at radius 2 is 1.85 bits per heavy atom. The number of nitrogens with two attached hydrogens (primary N) is 1. The van der Waals surface area contributed by atoms with Crippen molar-refractivity contribution >= 4 is 17.4 Å². The highest BCUT2D eigenvalue weighted by molar-refractivity contribution is 7.99. The first-order valence-corrected chi connectivity index (χ1v) is 5.24. The zero-order chi connectivity index (χ0) is 9.84. The van der Waals surface area contributed by atoms with Gasteiger partial charge in [0.1, 0.15) is 0 Å². The lowest BCUT2D eigenvalue weighted by atomic mass is 10.1. The molecular weight excluding hydrogens is 182 g/mol. The largest absolute Gasteiger partial charge is 0.399 e. The van der Waals surface area contributed by atoms with Crippen LogP contribution >= 0.6 is 11.8 Å². The van der Waals surface area contributed by atoms with Gasteiger partial charge in [0.05, 0.1) is 6.61 Å². The summed E-state index contributed by atoms with van der Waals surface area (Å²) in [6, 6.07) is 3.93. The second-order valence-electron chi connectivity index (χ2n) is 3.06. The van der Waals surface area contributed by atoms with Gasteiger partial charge in [0, 0.05) is 16.3 Å². The van der Waals surface area contributed by atoms with Crippen LogP contribution in [0.2, 0.25) is 0 Å². The summed E-state index contributed by atoms with van der Waals surface area (Å²) in [5.41, 5.74) is 8.89. The van der Waals surface area contributed by atoms with E-state index in [4.69, 9.17) is 10.8 Å². The van der Waals surface area contributed by atoms with Crippen LogP contribution in [0, 0.1) is 13.8 Å². The Labute approximate surface area is 83.1 Å². The molecule has 1 aromatic carbocycles. The van der Waals surface area contributed by atoms with E-state index in [9.17, 15) is 0 Å². The second-order valence-corrected chi connectivity index (χ2v) is 4.16. The predicted octanol–water partition coefficient (Wildman–Crippen LogP) is 1.97. The highest BCUT2D eigenvalue weighted by atomic mass is 32.2. The molecule has 1 rings (SSSR count). The summed E-state index contributed by atoms with van der Waals surface area (Å²) in [7, 11) is 0. The Hall–Kier alpha value is -0.670. The van der Waals surface area contributed by atoms with Gasteiger partial charge in [-0.05, 0) is 37.1 Å². The third-order valence-electron chi connectivity index (χ3n) is 1.82. The smallest absolute Gasteiger partial charge is 0.0525 e. The average molecular weight is 197 g/mol. The molecule has 2 nitrogen and oxygen atoms in total. The average Bonchev–Trinajstić information content (AvgIpc) is 2.02. The van der Waals surface area contributed by atoms with Crippen molar-refractivity contribution in [3.05, 3.63) is 23.3 Å². The number of hydrogen-bond acceptors (Lipinski definition) is 3. The summed E-state index contributed by atoms with van der Waals surface area (Å²) < 4.78 is 0. The van der Waals surface area contributed by atoms with Crippen LogP contribution < -0.4 is 5.73 Å². The van der Waals surface area contributed by atoms with Gasteiger partial charge in [-0.25, -0.2) is 0 Å². The number of anilines is 1. The van der Waals surface area contributed by atoms with E-state index in [2.05, 4.69) is 0 Å². The maximum Gasteiger partial charge on any atom is 0.0525 e. The number of aryl methyl sites for hydroxylation is 2. The standard InChI is InChI=1S/C10H15NOS/c1-7-5-9(11)6-8(2)10(7)13-4-3-12/h5-6,12H,3-4,11H2,1-2H3. The van der Waals surface area contributed by atoms with Crippen molar-refractivity contribution in [2.45, 2.75) is 18.7 Å². The molecular formula is C10H15NOS. The zero-order valence-corrected chi connectivity index (χ0v) is 8.82. The SMILES string of the molecule is Cc1cc(N)cc(C)c1SCCO. The molecule has 0 aromatic heterocycles. The Morgan fingerprint density at radius 1 is 1.31 bits per heavy atom. The zero-order valence-electron chi connectivity index (χ0n) is 8.00. The van der Waals surface area contributed by atoms with Gasteiger partial charge in [-0.2, -0.15) is 0 Å². The number of nitrogen functional groups attached to an aromatic ring is 1. The molecule has 1 aromatic rings. The summed E-state index contributed by atoms with van der Waals surface area (Å²) in [5.74, 6) is 0.742. The summed E-state index contributed by atoms with van der Waals surface area (Å²) in [5, 5.41) is 8.72. The van der Waals surface area contributed by atoms with E-state index in [1.54, 1.807) is 11.8 Å². The van der Waals surface area contributed by atoms with Crippen molar-refractivity contribution in [2.75, 3.05) is 18.1 Å². The summed E-state index contributed by atoms with van der Waals surface area (Å²) in [6.07, 6.45) is 0. The van der Waals surface area contributed by atoms with Crippen molar-refractivity contribution in [3.63, 3.8) is 0 Å². The van der Waals surface area contributed by atoms with E-state index in [1.165, 1.54) is 16.0 Å². The van der Waals surface area contributed by atoms with E-state index in [0.29, 0.717) is 0 Å². The summed E-state index contributed by atoms with van der Waals surface area (Å²) in [4.78, 5) is 1.24. The minimum absolute atomic E-state index is 0.216. The fraction of sp³-hybridized carbons (Fsp3) is 0.400. The maximum absolute atomic E-state index is 8.72. The Bertz CT molecular complexity index is 276. The lowest BCUT2D eigenvalue weighted by Gasteiger charge is -2.09. The van der Waals surface area contributed by atoms with Gasteiger partial charge in [-0.1, -0.05) is 0 Å². The van der Waals surface area contributed by atoms with Crippen molar-refractivity contribution in [3.8, 4) is 0 Å². The minimum atomic E-state index is 0.216. The van der Waals surface area contributed by atoms with Crippen molar-refractivity contribution in [1.82, 2.24) is 0 Å². The van der Waals surface area contributed by atoms with Gasteiger partial charge < -0.3 is 10.8 Å². The molecule has 0 heterocycles. The molecule has 0 atom stereocenters. The highest BCUT2D eigenvalue weighted by Gasteiger charge is 2.03. The topological polar surface area (TPSA) is 46.2 Å². The summed E-state index contributed by atoms with van der Waals surface area (Å²) >= 11 is 1.68. The maximum atomic E-state index is 8.72. The van der Waals surface area contributed by atoms with Crippen LogP contribution in [0.15, 0.2) is 17.0 Å². The third-order valence-corrected chi connectivity index (χ3v) is 3.14. The van der Waals surface area contributed by atoms with Crippen LogP contribution in [0.5, 0.6) is 0 Å². The highest BCUT2D eigenvalue weighted by Crippen LogP contribution is 2.27. The van der Waals surface area contributed by atoms with E-state index < -0.39 is 0 Å². The van der Waals surface area contributed by atoms with Crippen LogP contribution in [0.1, 0.15) is 11.1 Å². The molecule has 13 heavy (non-hydrogen) atoms. The van der Waals surface area contributed by atoms with Gasteiger partial charge >= 0.3 is 0 Å². The Morgan fingerprint density at radius 3 is 2.31 bits per heavy atom. The molecule has 0 aliphatic heterocycles. The van der Waals surface area contributed by atoms with Crippen LogP contribution in [-0.4, -0.2) is 17.5 Å². The monoisotopic (exact) mass is 197 g/mol. The van der Waals surface area contributed by atoms with E-state index >= 15 is 0 Å². The molecule has 3 N–H and O–H groups in total. The Kier molecular flexibility index (Phi) is 3.63. The first-order chi connectivity index (χ1) is 6.15. The number of thioether (sulfide) groups is 1. The molecule has 0 unspecified atom stereocenters. The van der Waals surface area contributed by atoms with E-state index in [-0.39, 0.29) is 6.61 Å². The fourth-order valence-electron chi connectivity index (χ4n) is 1.36. The van der Waals surface area contributed by atoms with E-state index in [0.717, 1.165) is 11.4 Å². The van der Waals surface area contributed by atoms with Crippen LogP contribution in [0.25, 0.3) is 0 Å². The number of rotatable bonds is 3. The first kappa shape index (κ1) is 10.4. The fourth-order valence-corrected chi connectivity index (χ4v) is 2.23. The lowest BCUT2D eigenvalue weighted by Crippen LogP contribution is -1.93. The van der Waals surface area contributed by atoms with Gasteiger partial charge in [0.25, 0.3) is 0 Å². The molecule has 0 bridgehead atoms. The minimum Gasteiger partial charge on any atom is -0.399 e. The molecule has 0 saturated carbocycles. The van der Waals surface area contributed by atoms with Gasteiger partial charge in [-0.3, -0.25) is 0 Å². The number of hydrogen-bond donors (Lipinski definition) is 2. The number of benzene rings is 1. The third kappa shape index (κ3) is 2.64. The molecule has 3 heteroatoms. The molecule has 0 fully saturated rings. The van der Waals surface area contributed by atoms with Crippen molar-refractivity contribution in [2.24, 2.45) is 0 Å². The number of aliphatic hydroxyl groups is 1. The van der Waals surface area contributed by atoms with Gasteiger partial charge in [-0.15, -0.1) is 11.8 Å². The van der Waals surface area contributed by atoms with Gasteiger partial charge in [0.15, 0.2) is 0 Å². The lowest BCUT2D eigenvalue weighted by molar-refractivity contribution is 0.322. The molecule has 0 amide bonds. The second kappa shape index (κ2) is 4.53. The molecule has 0 aliphatic rings. The van der Waals surface area contributed by atoms with Crippen LogP contribution in [0.3, 0.4) is 0 Å². The molecule has 72 valence electrons. The summed E-state index contributed by atoms with van der Waals surface area (Å²) in [6.45, 7) is 4.31. The predicted molar refractivity (Wildman–Crippen MR) is 58.1 cm³/mol. The van der Waals surface area contributed by atoms with Gasteiger partial charge in [0.2, 0.25) is 0 Å². The molecule has 0 radical (unpaired) electrons. The first-order valence-electron chi connectivity index (χ1n) is 4.25. The molecule has 0 spiro atoms. The van der Waals surface area contributed by atoms with Crippen LogP contribution in [-0.2, 0) is 0 Å². The van der Waals surface area contributed by atoms with Crippen LogP contribution in [0.4, 0.5) is 5.69 Å². The molecule has 0 aliphatic carbocycles. The normalized spacial score (nSPS) is 10.4. The van der Waals surface area contributed by atoms with Crippen molar-refractivity contribution < 1.29 is 5.11 Å².